The molecule has 1 heterocycles. The topological polar surface area (TPSA) is 38.8 Å². The number of allylic oxidation sites excluding steroid dienone is 1. The van der Waals surface area contributed by atoms with Crippen molar-refractivity contribution in [3.8, 4) is 0 Å². The number of benzene rings is 2. The molecule has 2 aromatic carbocycles. The Morgan fingerprint density at radius 1 is 1.09 bits per heavy atom. The number of rotatable bonds is 6. The molecule has 1 saturated heterocycles. The van der Waals surface area contributed by atoms with Gasteiger partial charge in [0.1, 0.15) is 11.3 Å². The number of ether oxygens (including phenoxy) is 2. The summed E-state index contributed by atoms with van der Waals surface area (Å²) >= 11 is 0. The molecule has 0 aliphatic carbocycles. The maximum Gasteiger partial charge on any atom is 0.412 e. The summed E-state index contributed by atoms with van der Waals surface area (Å²) in [5, 5.41) is 0. The van der Waals surface area contributed by atoms with Gasteiger partial charge in [-0.1, -0.05) is 85.0 Å². The normalized spacial score (nSPS) is 20.5. The third kappa shape index (κ3) is 6.33. The van der Waals surface area contributed by atoms with Crippen LogP contribution in [0.1, 0.15) is 52.2 Å². The maximum atomic E-state index is 13.2. The highest BCUT2D eigenvalue weighted by Gasteiger charge is 2.50. The van der Waals surface area contributed by atoms with Crippen LogP contribution in [-0.2, 0) is 15.9 Å². The van der Waals surface area contributed by atoms with Crippen LogP contribution >= 0.6 is 0 Å². The van der Waals surface area contributed by atoms with Crippen LogP contribution < -0.4 is 0 Å². The van der Waals surface area contributed by atoms with Gasteiger partial charge in [-0.2, -0.15) is 0 Å². The average Bonchev–Trinajstić information content (AvgIpc) is 2.96. The van der Waals surface area contributed by atoms with E-state index in [4.69, 9.17) is 9.47 Å². The van der Waals surface area contributed by atoms with Gasteiger partial charge in [-0.3, -0.25) is 4.90 Å². The molecule has 0 radical (unpaired) electrons. The molecular weight excluding hydrogens is 398 g/mol. The highest BCUT2D eigenvalue weighted by atomic mass is 16.6. The van der Waals surface area contributed by atoms with E-state index in [1.807, 2.05) is 77.1 Å². The van der Waals surface area contributed by atoms with Gasteiger partial charge < -0.3 is 9.47 Å². The molecule has 4 nitrogen and oxygen atoms in total. The van der Waals surface area contributed by atoms with Gasteiger partial charge in [0.15, 0.2) is 0 Å². The summed E-state index contributed by atoms with van der Waals surface area (Å²) in [6.07, 6.45) is 4.86. The van der Waals surface area contributed by atoms with Crippen molar-refractivity contribution in [3.63, 3.8) is 0 Å². The molecule has 1 aliphatic heterocycles. The first-order chi connectivity index (χ1) is 15.0. The smallest absolute Gasteiger partial charge is 0.412 e. The van der Waals surface area contributed by atoms with Gasteiger partial charge in [-0.15, -0.1) is 0 Å². The van der Waals surface area contributed by atoms with Crippen LogP contribution in [0.15, 0.2) is 78.9 Å². The van der Waals surface area contributed by atoms with Crippen LogP contribution in [0.4, 0.5) is 4.79 Å². The first-order valence-electron chi connectivity index (χ1n) is 11.2. The summed E-state index contributed by atoms with van der Waals surface area (Å²) in [7, 11) is 0. The zero-order valence-corrected chi connectivity index (χ0v) is 19.9. The molecule has 1 fully saturated rings. The summed E-state index contributed by atoms with van der Waals surface area (Å²) in [6.45, 7) is 13.8. The standard InChI is InChI=1S/C28H35NO3/c1-21(17-18-22-13-9-7-10-14-22)19-25-24(20-23-15-11-8-12-16-23)29(28(5,6)31-25)26(30)32-27(2,3)4/h7-18,24-25H,1,19-20H2,2-6H3/b18-17+/t24-,25-/m0/s1. The Bertz CT molecular complexity index is 942. The second-order valence-corrected chi connectivity index (χ2v) is 9.82. The van der Waals surface area contributed by atoms with Gasteiger partial charge in [-0.25, -0.2) is 4.79 Å². The molecule has 32 heavy (non-hydrogen) atoms. The lowest BCUT2D eigenvalue weighted by Crippen LogP contribution is -2.51. The molecule has 2 atom stereocenters. The number of hydrogen-bond acceptors (Lipinski definition) is 3. The molecule has 0 unspecified atom stereocenters. The van der Waals surface area contributed by atoms with Crippen molar-refractivity contribution in [1.82, 2.24) is 4.90 Å². The van der Waals surface area contributed by atoms with Gasteiger partial charge in [-0.05, 0) is 52.2 Å². The van der Waals surface area contributed by atoms with E-state index in [9.17, 15) is 4.79 Å². The zero-order valence-electron chi connectivity index (χ0n) is 19.9. The summed E-state index contributed by atoms with van der Waals surface area (Å²) in [6, 6.07) is 20.2. The second-order valence-electron chi connectivity index (χ2n) is 9.82. The van der Waals surface area contributed by atoms with Gasteiger partial charge in [0.25, 0.3) is 0 Å². The largest absolute Gasteiger partial charge is 0.444 e. The molecule has 4 heteroatoms. The molecule has 170 valence electrons. The number of hydrogen-bond donors (Lipinski definition) is 0. The minimum Gasteiger partial charge on any atom is -0.444 e. The van der Waals surface area contributed by atoms with E-state index in [0.29, 0.717) is 12.8 Å². The molecule has 1 amide bonds. The summed E-state index contributed by atoms with van der Waals surface area (Å²) < 4.78 is 12.2. The van der Waals surface area contributed by atoms with E-state index >= 15 is 0 Å². The second kappa shape index (κ2) is 9.74. The number of amides is 1. The number of carbonyl (C=O) groups is 1. The van der Waals surface area contributed by atoms with Gasteiger partial charge in [0.2, 0.25) is 0 Å². The van der Waals surface area contributed by atoms with Crippen molar-refractivity contribution in [2.45, 2.75) is 70.9 Å². The van der Waals surface area contributed by atoms with Gasteiger partial charge in [0.05, 0.1) is 12.1 Å². The van der Waals surface area contributed by atoms with Crippen molar-refractivity contribution in [2.75, 3.05) is 0 Å². The summed E-state index contributed by atoms with van der Waals surface area (Å²) in [5.41, 5.74) is 1.87. The monoisotopic (exact) mass is 433 g/mol. The Labute approximate surface area is 192 Å². The van der Waals surface area contributed by atoms with Crippen molar-refractivity contribution < 1.29 is 14.3 Å². The molecule has 3 rings (SSSR count). The quantitative estimate of drug-likeness (QED) is 0.480. The molecule has 0 aromatic heterocycles. The van der Waals surface area contributed by atoms with Gasteiger partial charge in [0, 0.05) is 6.42 Å². The van der Waals surface area contributed by atoms with Crippen molar-refractivity contribution >= 4 is 12.2 Å². The fourth-order valence-corrected chi connectivity index (χ4v) is 4.10. The molecule has 1 aliphatic rings. The van der Waals surface area contributed by atoms with E-state index in [-0.39, 0.29) is 18.2 Å². The molecule has 0 saturated carbocycles. The van der Waals surface area contributed by atoms with Crippen LogP contribution in [0.25, 0.3) is 6.08 Å². The zero-order chi connectivity index (χ0) is 23.4. The van der Waals surface area contributed by atoms with E-state index in [1.54, 1.807) is 4.90 Å². The molecule has 0 spiro atoms. The highest BCUT2D eigenvalue weighted by molar-refractivity contribution is 5.70. The Kier molecular flexibility index (Phi) is 7.25. The van der Waals surface area contributed by atoms with E-state index < -0.39 is 11.3 Å². The predicted molar refractivity (Wildman–Crippen MR) is 130 cm³/mol. The third-order valence-corrected chi connectivity index (χ3v) is 5.43. The predicted octanol–water partition coefficient (Wildman–Crippen LogP) is 6.63. The van der Waals surface area contributed by atoms with E-state index in [1.165, 1.54) is 0 Å². The molecule has 2 aromatic rings. The van der Waals surface area contributed by atoms with Crippen molar-refractivity contribution in [3.05, 3.63) is 90.0 Å². The third-order valence-electron chi connectivity index (χ3n) is 5.43. The first-order valence-corrected chi connectivity index (χ1v) is 11.2. The van der Waals surface area contributed by atoms with E-state index in [2.05, 4.69) is 36.9 Å². The first kappa shape index (κ1) is 23.8. The minimum atomic E-state index is -0.782. The van der Waals surface area contributed by atoms with Crippen LogP contribution in [0.3, 0.4) is 0 Å². The lowest BCUT2D eigenvalue weighted by atomic mass is 9.96. The van der Waals surface area contributed by atoms with Crippen molar-refractivity contribution in [1.29, 1.82) is 0 Å². The van der Waals surface area contributed by atoms with Crippen LogP contribution in [0.2, 0.25) is 0 Å². The molecule has 0 bridgehead atoms. The fraction of sp³-hybridized carbons (Fsp3) is 0.393. The summed E-state index contributed by atoms with van der Waals surface area (Å²) in [5.74, 6) is 0. The molecule has 0 N–H and O–H groups in total. The Hall–Kier alpha value is -2.85. The van der Waals surface area contributed by atoms with Crippen LogP contribution in [0, 0.1) is 0 Å². The Morgan fingerprint density at radius 2 is 1.69 bits per heavy atom. The molecular formula is C28H35NO3. The lowest BCUT2D eigenvalue weighted by Gasteiger charge is -2.35. The van der Waals surface area contributed by atoms with Crippen LogP contribution in [0.5, 0.6) is 0 Å². The SMILES string of the molecule is C=C(/C=C/c1ccccc1)C[C@@H]1OC(C)(C)N(C(=O)OC(C)(C)C)[C@H]1Cc1ccccc1. The highest BCUT2D eigenvalue weighted by Crippen LogP contribution is 2.37. The fourth-order valence-electron chi connectivity index (χ4n) is 4.10. The average molecular weight is 434 g/mol. The number of nitrogens with zero attached hydrogens (tertiary/aromatic N) is 1. The van der Waals surface area contributed by atoms with E-state index in [0.717, 1.165) is 16.7 Å². The Balaban J connectivity index is 1.83. The van der Waals surface area contributed by atoms with Crippen LogP contribution in [-0.4, -0.2) is 34.5 Å². The van der Waals surface area contributed by atoms with Crippen molar-refractivity contribution in [2.24, 2.45) is 0 Å². The maximum absolute atomic E-state index is 13.2. The minimum absolute atomic E-state index is 0.163. The lowest BCUT2D eigenvalue weighted by molar-refractivity contribution is -0.0783. The number of carbonyl (C=O) groups excluding carboxylic acids is 1. The Morgan fingerprint density at radius 3 is 2.28 bits per heavy atom. The van der Waals surface area contributed by atoms with Gasteiger partial charge >= 0.3 is 6.09 Å². The summed E-state index contributed by atoms with van der Waals surface area (Å²) in [4.78, 5) is 15.0.